The summed E-state index contributed by atoms with van der Waals surface area (Å²) in [5.74, 6) is 1.07. The molecule has 142 valence electrons. The maximum atomic E-state index is 5.68. The van der Waals surface area contributed by atoms with Gasteiger partial charge in [-0.05, 0) is 54.0 Å². The van der Waals surface area contributed by atoms with Gasteiger partial charge in [-0.2, -0.15) is 0 Å². The van der Waals surface area contributed by atoms with Crippen molar-refractivity contribution in [1.82, 2.24) is 4.90 Å². The highest BCUT2D eigenvalue weighted by Gasteiger charge is 2.23. The molecule has 2 aromatic carbocycles. The van der Waals surface area contributed by atoms with E-state index in [1.807, 2.05) is 0 Å². The Morgan fingerprint density at radius 1 is 1.19 bits per heavy atom. The largest absolute Gasteiger partial charge is 0.493 e. The molecule has 0 unspecified atom stereocenters. The number of ether oxygens (including phenoxy) is 1. The zero-order valence-corrected chi connectivity index (χ0v) is 16.8. The lowest BCUT2D eigenvalue weighted by molar-refractivity contribution is -0.917. The third kappa shape index (κ3) is 4.25. The third-order valence-electron chi connectivity index (χ3n) is 5.61. The average Bonchev–Trinajstić information content (AvgIpc) is 3.17. The van der Waals surface area contributed by atoms with E-state index in [0.717, 1.165) is 68.7 Å². The molecule has 5 heteroatoms. The molecule has 0 bridgehead atoms. The van der Waals surface area contributed by atoms with E-state index >= 15 is 0 Å². The number of rotatable bonds is 4. The number of aryl methyl sites for hydroxylation is 1. The van der Waals surface area contributed by atoms with Crippen molar-refractivity contribution < 1.29 is 9.64 Å². The highest BCUT2D eigenvalue weighted by atomic mass is 32.1. The van der Waals surface area contributed by atoms with Crippen LogP contribution < -0.4 is 15.0 Å². The number of benzene rings is 2. The van der Waals surface area contributed by atoms with Crippen LogP contribution >= 0.6 is 12.2 Å². The molecule has 0 aliphatic carbocycles. The highest BCUT2D eigenvalue weighted by molar-refractivity contribution is 7.80. The topological polar surface area (TPSA) is 28.9 Å². The molecule has 1 fully saturated rings. The van der Waals surface area contributed by atoms with Crippen LogP contribution in [0.2, 0.25) is 0 Å². The predicted octanol–water partition coefficient (Wildman–Crippen LogP) is 2.28. The van der Waals surface area contributed by atoms with E-state index in [2.05, 4.69) is 59.6 Å². The third-order valence-corrected chi connectivity index (χ3v) is 5.97. The zero-order chi connectivity index (χ0) is 18.6. The minimum Gasteiger partial charge on any atom is -0.493 e. The van der Waals surface area contributed by atoms with Crippen LogP contribution in [-0.2, 0) is 19.4 Å². The van der Waals surface area contributed by atoms with E-state index in [0.29, 0.717) is 0 Å². The molecular weight excluding hydrogens is 354 g/mol. The van der Waals surface area contributed by atoms with E-state index in [1.165, 1.54) is 16.7 Å². The molecule has 2 N–H and O–H groups in total. The summed E-state index contributed by atoms with van der Waals surface area (Å²) >= 11 is 5.68. The first-order valence-corrected chi connectivity index (χ1v) is 10.4. The summed E-state index contributed by atoms with van der Waals surface area (Å²) in [4.78, 5) is 3.93. The van der Waals surface area contributed by atoms with Gasteiger partial charge in [-0.1, -0.05) is 25.1 Å². The molecule has 27 heavy (non-hydrogen) atoms. The summed E-state index contributed by atoms with van der Waals surface area (Å²) in [6.45, 7) is 8.33. The summed E-state index contributed by atoms with van der Waals surface area (Å²) < 4.78 is 5.61. The van der Waals surface area contributed by atoms with E-state index in [4.69, 9.17) is 17.0 Å². The molecule has 0 radical (unpaired) electrons. The summed E-state index contributed by atoms with van der Waals surface area (Å²) in [6, 6.07) is 15.1. The summed E-state index contributed by atoms with van der Waals surface area (Å²) in [6.07, 6.45) is 2.06. The second-order valence-corrected chi connectivity index (χ2v) is 7.78. The lowest BCUT2D eigenvalue weighted by atomic mass is 10.1. The first-order valence-electron chi connectivity index (χ1n) is 9.95. The van der Waals surface area contributed by atoms with Crippen molar-refractivity contribution in [1.29, 1.82) is 0 Å². The molecule has 1 saturated heterocycles. The quantitative estimate of drug-likeness (QED) is 0.794. The number of hydrogen-bond acceptors (Lipinski definition) is 2. The fourth-order valence-electron chi connectivity index (χ4n) is 3.99. The number of quaternary nitrogens is 1. The second-order valence-electron chi connectivity index (χ2n) is 7.40. The van der Waals surface area contributed by atoms with Crippen molar-refractivity contribution in [3.63, 3.8) is 0 Å². The Morgan fingerprint density at radius 2 is 2.00 bits per heavy atom. The lowest BCUT2D eigenvalue weighted by Gasteiger charge is -2.34. The SMILES string of the molecule is CCc1ccccc1NC(=S)N1CC[NH+](Cc2ccc3c(c2)CCO3)CC1. The Morgan fingerprint density at radius 3 is 2.81 bits per heavy atom. The molecular formula is C22H28N3OS+. The minimum atomic E-state index is 0.829. The van der Waals surface area contributed by atoms with Gasteiger partial charge in [0.15, 0.2) is 5.11 Å². The molecule has 0 amide bonds. The summed E-state index contributed by atoms with van der Waals surface area (Å²) in [7, 11) is 0. The van der Waals surface area contributed by atoms with Crippen LogP contribution in [0.4, 0.5) is 5.69 Å². The molecule has 4 nitrogen and oxygen atoms in total. The number of nitrogens with zero attached hydrogens (tertiary/aromatic N) is 1. The van der Waals surface area contributed by atoms with Gasteiger partial charge in [0, 0.05) is 17.7 Å². The number of nitrogens with one attached hydrogen (secondary N) is 2. The normalized spacial score (nSPS) is 16.7. The molecule has 2 aliphatic heterocycles. The van der Waals surface area contributed by atoms with Crippen LogP contribution in [0.5, 0.6) is 5.75 Å². The first kappa shape index (κ1) is 18.3. The predicted molar refractivity (Wildman–Crippen MR) is 114 cm³/mol. The lowest BCUT2D eigenvalue weighted by Crippen LogP contribution is -3.13. The highest BCUT2D eigenvalue weighted by Crippen LogP contribution is 2.25. The minimum absolute atomic E-state index is 0.829. The Bertz CT molecular complexity index is 815. The molecule has 2 aromatic rings. The number of piperazine rings is 1. The number of fused-ring (bicyclic) bond motifs is 1. The molecule has 0 spiro atoms. The molecule has 0 aromatic heterocycles. The van der Waals surface area contributed by atoms with Gasteiger partial charge in [0.2, 0.25) is 0 Å². The fourth-order valence-corrected chi connectivity index (χ4v) is 4.28. The number of para-hydroxylation sites is 1. The smallest absolute Gasteiger partial charge is 0.173 e. The Kier molecular flexibility index (Phi) is 5.60. The average molecular weight is 383 g/mol. The van der Waals surface area contributed by atoms with Crippen LogP contribution in [0.3, 0.4) is 0 Å². The van der Waals surface area contributed by atoms with Crippen molar-refractivity contribution >= 4 is 23.0 Å². The molecule has 2 aliphatic rings. The van der Waals surface area contributed by atoms with E-state index in [1.54, 1.807) is 4.90 Å². The van der Waals surface area contributed by atoms with Crippen LogP contribution in [0.1, 0.15) is 23.6 Å². The van der Waals surface area contributed by atoms with E-state index in [-0.39, 0.29) is 0 Å². The second kappa shape index (κ2) is 8.28. The van der Waals surface area contributed by atoms with Gasteiger partial charge in [-0.25, -0.2) is 0 Å². The van der Waals surface area contributed by atoms with Crippen molar-refractivity contribution in [3.05, 3.63) is 59.2 Å². The van der Waals surface area contributed by atoms with Gasteiger partial charge < -0.3 is 19.9 Å². The maximum Gasteiger partial charge on any atom is 0.173 e. The van der Waals surface area contributed by atoms with Gasteiger partial charge in [-0.3, -0.25) is 0 Å². The van der Waals surface area contributed by atoms with Gasteiger partial charge >= 0.3 is 0 Å². The maximum absolute atomic E-state index is 5.68. The van der Waals surface area contributed by atoms with Crippen LogP contribution in [0, 0.1) is 0 Å². The number of hydrogen-bond donors (Lipinski definition) is 2. The summed E-state index contributed by atoms with van der Waals surface area (Å²) in [5.41, 5.74) is 5.23. The molecule has 0 atom stereocenters. The van der Waals surface area contributed by atoms with Gasteiger partial charge in [0.25, 0.3) is 0 Å². The first-order chi connectivity index (χ1) is 13.2. The zero-order valence-electron chi connectivity index (χ0n) is 16.0. The standard InChI is InChI=1S/C22H27N3OS/c1-2-18-5-3-4-6-20(18)23-22(27)25-12-10-24(11-13-25)16-17-7-8-21-19(15-17)9-14-26-21/h3-8,15H,2,9-14,16H2,1H3,(H,23,27)/p+1. The Labute approximate surface area is 167 Å². The monoisotopic (exact) mass is 382 g/mol. The molecule has 4 rings (SSSR count). The van der Waals surface area contributed by atoms with Crippen LogP contribution in [0.15, 0.2) is 42.5 Å². The fraction of sp³-hybridized carbons (Fsp3) is 0.409. The Balaban J connectivity index is 1.30. The van der Waals surface area contributed by atoms with Gasteiger partial charge in [0.1, 0.15) is 12.3 Å². The van der Waals surface area contributed by atoms with Crippen molar-refractivity contribution in [2.24, 2.45) is 0 Å². The van der Waals surface area contributed by atoms with Crippen molar-refractivity contribution in [2.45, 2.75) is 26.3 Å². The van der Waals surface area contributed by atoms with E-state index in [9.17, 15) is 0 Å². The Hall–Kier alpha value is -2.11. The van der Waals surface area contributed by atoms with Crippen molar-refractivity contribution in [2.75, 3.05) is 38.1 Å². The number of thiocarbonyl (C=S) groups is 1. The summed E-state index contributed by atoms with van der Waals surface area (Å²) in [5, 5.41) is 4.31. The van der Waals surface area contributed by atoms with Crippen molar-refractivity contribution in [3.8, 4) is 5.75 Å². The van der Waals surface area contributed by atoms with Crippen LogP contribution in [0.25, 0.3) is 0 Å². The van der Waals surface area contributed by atoms with Gasteiger partial charge in [-0.15, -0.1) is 0 Å². The van der Waals surface area contributed by atoms with Gasteiger partial charge in [0.05, 0.1) is 32.8 Å². The molecule has 0 saturated carbocycles. The number of anilines is 1. The van der Waals surface area contributed by atoms with E-state index < -0.39 is 0 Å². The molecule has 2 heterocycles. The van der Waals surface area contributed by atoms with Crippen LogP contribution in [-0.4, -0.2) is 42.8 Å².